The molecule has 0 aromatic rings. The number of ether oxygens (including phenoxy) is 2. The van der Waals surface area contributed by atoms with E-state index in [1.165, 1.54) is 0 Å². The largest absolute Gasteiger partial charge is 0.380 e. The second-order valence-corrected chi connectivity index (χ2v) is 2.65. The van der Waals surface area contributed by atoms with Gasteiger partial charge in [-0.3, -0.25) is 4.90 Å². The van der Waals surface area contributed by atoms with Gasteiger partial charge < -0.3 is 9.47 Å². The van der Waals surface area contributed by atoms with E-state index >= 15 is 0 Å². The summed E-state index contributed by atoms with van der Waals surface area (Å²) in [6.07, 6.45) is 0. The summed E-state index contributed by atoms with van der Waals surface area (Å²) in [5.41, 5.74) is 0. The molecule has 0 spiro atoms. The maximum Gasteiger partial charge on any atom is 0.0594 e. The van der Waals surface area contributed by atoms with Gasteiger partial charge in [-0.05, 0) is 6.92 Å². The van der Waals surface area contributed by atoms with Gasteiger partial charge in [0.1, 0.15) is 0 Å². The number of hydrogen-bond donors (Lipinski definition) is 0. The lowest BCUT2D eigenvalue weighted by Crippen LogP contribution is -2.38. The minimum atomic E-state index is 0.824. The van der Waals surface area contributed by atoms with Crippen LogP contribution in [0.5, 0.6) is 0 Å². The highest BCUT2D eigenvalue weighted by Crippen LogP contribution is 1.95. The van der Waals surface area contributed by atoms with Gasteiger partial charge in [-0.1, -0.05) is 13.8 Å². The van der Waals surface area contributed by atoms with Gasteiger partial charge >= 0.3 is 0 Å². The molecule has 1 rings (SSSR count). The molecule has 1 fully saturated rings. The standard InChI is InChI=1S/C8H17NO2.C2H6/c1-2-10-6-3-9-4-7-11-8-5-9;1-2/h2-8H2,1H3;1-2H3. The van der Waals surface area contributed by atoms with Gasteiger partial charge in [0.2, 0.25) is 0 Å². The lowest BCUT2D eigenvalue weighted by molar-refractivity contribution is 0.0219. The maximum absolute atomic E-state index is 5.25. The number of rotatable bonds is 4. The van der Waals surface area contributed by atoms with Crippen LogP contribution in [0.3, 0.4) is 0 Å². The molecule has 0 aromatic carbocycles. The summed E-state index contributed by atoms with van der Waals surface area (Å²) in [7, 11) is 0. The second kappa shape index (κ2) is 9.96. The minimum Gasteiger partial charge on any atom is -0.380 e. The van der Waals surface area contributed by atoms with Crippen molar-refractivity contribution in [3.8, 4) is 0 Å². The molecule has 0 bridgehead atoms. The quantitative estimate of drug-likeness (QED) is 0.624. The molecule has 13 heavy (non-hydrogen) atoms. The van der Waals surface area contributed by atoms with Crippen LogP contribution in [-0.4, -0.2) is 51.0 Å². The third-order valence-electron chi connectivity index (χ3n) is 1.86. The van der Waals surface area contributed by atoms with Gasteiger partial charge in [0.05, 0.1) is 19.8 Å². The molecule has 1 aliphatic rings. The summed E-state index contributed by atoms with van der Waals surface area (Å²) in [5, 5.41) is 0. The SMILES string of the molecule is CC.CCOCCN1CCOCC1. The summed E-state index contributed by atoms with van der Waals surface area (Å²) in [6, 6.07) is 0. The van der Waals surface area contributed by atoms with Crippen LogP contribution in [0.15, 0.2) is 0 Å². The molecule has 0 aromatic heterocycles. The Kier molecular flexibility index (Phi) is 9.87. The molecular weight excluding hydrogens is 166 g/mol. The Bertz CT molecular complexity index is 92.9. The Morgan fingerprint density at radius 3 is 2.38 bits per heavy atom. The minimum absolute atomic E-state index is 0.824. The van der Waals surface area contributed by atoms with E-state index in [-0.39, 0.29) is 0 Å². The average molecular weight is 189 g/mol. The van der Waals surface area contributed by atoms with Gasteiger partial charge in [0, 0.05) is 26.2 Å². The van der Waals surface area contributed by atoms with E-state index in [1.807, 2.05) is 20.8 Å². The monoisotopic (exact) mass is 189 g/mol. The van der Waals surface area contributed by atoms with Crippen LogP contribution >= 0.6 is 0 Å². The van der Waals surface area contributed by atoms with Gasteiger partial charge in [-0.15, -0.1) is 0 Å². The summed E-state index contributed by atoms with van der Waals surface area (Å²) in [6.45, 7) is 12.6. The lowest BCUT2D eigenvalue weighted by atomic mass is 10.4. The number of morpholine rings is 1. The first-order valence-electron chi connectivity index (χ1n) is 5.31. The van der Waals surface area contributed by atoms with E-state index in [9.17, 15) is 0 Å². The Hall–Kier alpha value is -0.120. The molecule has 1 aliphatic heterocycles. The highest BCUT2D eigenvalue weighted by Gasteiger charge is 2.08. The van der Waals surface area contributed by atoms with Crippen LogP contribution in [0.2, 0.25) is 0 Å². The van der Waals surface area contributed by atoms with Crippen molar-refractivity contribution in [1.82, 2.24) is 4.90 Å². The average Bonchev–Trinajstić information content (AvgIpc) is 2.23. The zero-order valence-corrected chi connectivity index (χ0v) is 9.21. The summed E-state index contributed by atoms with van der Waals surface area (Å²) >= 11 is 0. The Morgan fingerprint density at radius 1 is 1.23 bits per heavy atom. The second-order valence-electron chi connectivity index (χ2n) is 2.65. The molecule has 0 unspecified atom stereocenters. The lowest BCUT2D eigenvalue weighted by Gasteiger charge is -2.26. The Labute approximate surface area is 82.0 Å². The van der Waals surface area contributed by atoms with Crippen molar-refractivity contribution in [2.75, 3.05) is 46.1 Å². The van der Waals surface area contributed by atoms with E-state index < -0.39 is 0 Å². The molecule has 0 radical (unpaired) electrons. The topological polar surface area (TPSA) is 21.7 Å². The highest BCUT2D eigenvalue weighted by molar-refractivity contribution is 4.60. The van der Waals surface area contributed by atoms with Crippen molar-refractivity contribution in [2.24, 2.45) is 0 Å². The first-order chi connectivity index (χ1) is 6.43. The number of nitrogens with zero attached hydrogens (tertiary/aromatic N) is 1. The van der Waals surface area contributed by atoms with Crippen LogP contribution in [0.1, 0.15) is 20.8 Å². The predicted octanol–water partition coefficient (Wildman–Crippen LogP) is 1.38. The van der Waals surface area contributed by atoms with Gasteiger partial charge in [-0.2, -0.15) is 0 Å². The van der Waals surface area contributed by atoms with Crippen LogP contribution in [0.4, 0.5) is 0 Å². The molecule has 0 atom stereocenters. The summed E-state index contributed by atoms with van der Waals surface area (Å²) in [4.78, 5) is 2.37. The maximum atomic E-state index is 5.25. The molecule has 3 heteroatoms. The molecule has 1 heterocycles. The van der Waals surface area contributed by atoms with Crippen LogP contribution in [0, 0.1) is 0 Å². The summed E-state index contributed by atoms with van der Waals surface area (Å²) < 4.78 is 10.5. The van der Waals surface area contributed by atoms with Crippen LogP contribution in [0.25, 0.3) is 0 Å². The van der Waals surface area contributed by atoms with Gasteiger partial charge in [0.15, 0.2) is 0 Å². The fourth-order valence-corrected chi connectivity index (χ4v) is 1.16. The first kappa shape index (κ1) is 12.9. The highest BCUT2D eigenvalue weighted by atomic mass is 16.5. The van der Waals surface area contributed by atoms with Crippen LogP contribution in [-0.2, 0) is 9.47 Å². The van der Waals surface area contributed by atoms with Crippen LogP contribution < -0.4 is 0 Å². The predicted molar refractivity (Wildman–Crippen MR) is 55.1 cm³/mol. The van der Waals surface area contributed by atoms with Crippen molar-refractivity contribution < 1.29 is 9.47 Å². The van der Waals surface area contributed by atoms with Crippen molar-refractivity contribution >= 4 is 0 Å². The Morgan fingerprint density at radius 2 is 1.85 bits per heavy atom. The van der Waals surface area contributed by atoms with Crippen molar-refractivity contribution in [3.63, 3.8) is 0 Å². The van der Waals surface area contributed by atoms with E-state index in [4.69, 9.17) is 9.47 Å². The molecule has 1 saturated heterocycles. The molecule has 0 aliphatic carbocycles. The van der Waals surface area contributed by atoms with Crippen molar-refractivity contribution in [2.45, 2.75) is 20.8 Å². The van der Waals surface area contributed by atoms with E-state index in [0.717, 1.165) is 46.1 Å². The van der Waals surface area contributed by atoms with E-state index in [1.54, 1.807) is 0 Å². The molecule has 0 amide bonds. The summed E-state index contributed by atoms with van der Waals surface area (Å²) in [5.74, 6) is 0. The zero-order valence-electron chi connectivity index (χ0n) is 9.21. The van der Waals surface area contributed by atoms with Crippen molar-refractivity contribution in [1.29, 1.82) is 0 Å². The zero-order chi connectivity index (χ0) is 9.94. The van der Waals surface area contributed by atoms with E-state index in [2.05, 4.69) is 4.90 Å². The molecule has 3 nitrogen and oxygen atoms in total. The number of hydrogen-bond acceptors (Lipinski definition) is 3. The first-order valence-corrected chi connectivity index (χ1v) is 5.31. The van der Waals surface area contributed by atoms with E-state index in [0.29, 0.717) is 0 Å². The Balaban J connectivity index is 0.000000671. The van der Waals surface area contributed by atoms with Gasteiger partial charge in [0.25, 0.3) is 0 Å². The van der Waals surface area contributed by atoms with Gasteiger partial charge in [-0.25, -0.2) is 0 Å². The van der Waals surface area contributed by atoms with Crippen molar-refractivity contribution in [3.05, 3.63) is 0 Å². The fourth-order valence-electron chi connectivity index (χ4n) is 1.16. The third kappa shape index (κ3) is 6.99. The molecule has 0 N–H and O–H groups in total. The smallest absolute Gasteiger partial charge is 0.0594 e. The molecule has 0 saturated carbocycles. The fraction of sp³-hybridized carbons (Fsp3) is 1.00. The molecule has 80 valence electrons. The third-order valence-corrected chi connectivity index (χ3v) is 1.86. The molecular formula is C10H23NO2. The normalized spacial score (nSPS) is 17.8.